The van der Waals surface area contributed by atoms with Gasteiger partial charge in [0.2, 0.25) is 5.91 Å². The molecule has 2 aromatic carbocycles. The molecule has 0 aromatic heterocycles. The number of hydrogen-bond donors (Lipinski definition) is 2. The summed E-state index contributed by atoms with van der Waals surface area (Å²) in [6.07, 6.45) is 0. The third-order valence-electron chi connectivity index (χ3n) is 3.41. The fourth-order valence-electron chi connectivity index (χ4n) is 2.11. The number of aryl methyl sites for hydroxylation is 1. The number of benzene rings is 2. The molecule has 0 heterocycles. The van der Waals surface area contributed by atoms with Crippen molar-refractivity contribution in [1.29, 1.82) is 0 Å². The van der Waals surface area contributed by atoms with E-state index in [0.29, 0.717) is 11.3 Å². The topological polar surface area (TPSA) is 61.4 Å². The second-order valence-corrected chi connectivity index (χ2v) is 5.49. The maximum absolute atomic E-state index is 12.0. The Morgan fingerprint density at radius 1 is 1.00 bits per heavy atom. The molecule has 0 atom stereocenters. The van der Waals surface area contributed by atoms with Crippen molar-refractivity contribution in [2.75, 3.05) is 31.3 Å². The second kappa shape index (κ2) is 7.45. The highest BCUT2D eigenvalue weighted by Gasteiger charge is 2.08. The zero-order chi connectivity index (χ0) is 16.8. The van der Waals surface area contributed by atoms with Crippen molar-refractivity contribution in [3.05, 3.63) is 59.7 Å². The number of nitrogens with one attached hydrogen (secondary N) is 2. The van der Waals surface area contributed by atoms with Crippen LogP contribution in [0.15, 0.2) is 48.5 Å². The van der Waals surface area contributed by atoms with Gasteiger partial charge in [-0.25, -0.2) is 0 Å². The van der Waals surface area contributed by atoms with Crippen LogP contribution < -0.4 is 10.6 Å². The normalized spacial score (nSPS) is 10.0. The zero-order valence-corrected chi connectivity index (χ0v) is 13.6. The van der Waals surface area contributed by atoms with Crippen LogP contribution in [0, 0.1) is 6.92 Å². The third-order valence-corrected chi connectivity index (χ3v) is 3.41. The Bertz CT molecular complexity index is 694. The van der Waals surface area contributed by atoms with Crippen LogP contribution in [0.1, 0.15) is 15.9 Å². The third kappa shape index (κ3) is 4.57. The first-order valence-corrected chi connectivity index (χ1v) is 7.38. The lowest BCUT2D eigenvalue weighted by Gasteiger charge is -2.12. The molecule has 5 heteroatoms. The molecule has 2 rings (SSSR count). The molecule has 0 fully saturated rings. The largest absolute Gasteiger partial charge is 0.376 e. The first-order valence-electron chi connectivity index (χ1n) is 7.38. The lowest BCUT2D eigenvalue weighted by Crippen LogP contribution is -2.23. The van der Waals surface area contributed by atoms with E-state index in [2.05, 4.69) is 10.6 Å². The van der Waals surface area contributed by atoms with E-state index >= 15 is 0 Å². The van der Waals surface area contributed by atoms with Crippen LogP contribution in [-0.4, -0.2) is 37.4 Å². The lowest BCUT2D eigenvalue weighted by molar-refractivity contribution is -0.114. The summed E-state index contributed by atoms with van der Waals surface area (Å²) in [5.41, 5.74) is 3.28. The fourth-order valence-corrected chi connectivity index (χ4v) is 2.11. The number of hydrogen-bond acceptors (Lipinski definition) is 3. The van der Waals surface area contributed by atoms with Gasteiger partial charge in [0.05, 0.1) is 6.54 Å². The van der Waals surface area contributed by atoms with E-state index in [1.165, 1.54) is 4.90 Å². The van der Waals surface area contributed by atoms with E-state index in [-0.39, 0.29) is 18.4 Å². The number of nitrogens with zero attached hydrogens (tertiary/aromatic N) is 1. The summed E-state index contributed by atoms with van der Waals surface area (Å²) >= 11 is 0. The minimum Gasteiger partial charge on any atom is -0.376 e. The van der Waals surface area contributed by atoms with Crippen molar-refractivity contribution in [3.63, 3.8) is 0 Å². The molecule has 5 nitrogen and oxygen atoms in total. The summed E-state index contributed by atoms with van der Waals surface area (Å²) in [7, 11) is 3.41. The number of amides is 2. The van der Waals surface area contributed by atoms with Crippen molar-refractivity contribution < 1.29 is 9.59 Å². The van der Waals surface area contributed by atoms with E-state index in [1.54, 1.807) is 38.4 Å². The van der Waals surface area contributed by atoms with Gasteiger partial charge in [0.25, 0.3) is 5.91 Å². The average Bonchev–Trinajstić information content (AvgIpc) is 2.54. The van der Waals surface area contributed by atoms with Gasteiger partial charge in [0, 0.05) is 31.0 Å². The Kier molecular flexibility index (Phi) is 5.36. The van der Waals surface area contributed by atoms with E-state index < -0.39 is 0 Å². The number of para-hydroxylation sites is 1. The SMILES string of the molecule is Cc1ccccc1NCC(=O)Nc1ccc(C(=O)N(C)C)cc1. The standard InChI is InChI=1S/C18H21N3O2/c1-13-6-4-5-7-16(13)19-12-17(22)20-15-10-8-14(9-11-15)18(23)21(2)3/h4-11,19H,12H2,1-3H3,(H,20,22). The van der Waals surface area contributed by atoms with Crippen molar-refractivity contribution >= 4 is 23.2 Å². The van der Waals surface area contributed by atoms with Gasteiger partial charge >= 0.3 is 0 Å². The number of rotatable bonds is 5. The summed E-state index contributed by atoms with van der Waals surface area (Å²) in [6, 6.07) is 14.7. The molecule has 23 heavy (non-hydrogen) atoms. The molecule has 0 radical (unpaired) electrons. The molecular formula is C18H21N3O2. The molecule has 2 amide bonds. The van der Waals surface area contributed by atoms with Crippen LogP contribution in [0.25, 0.3) is 0 Å². The van der Waals surface area contributed by atoms with E-state index in [1.807, 2.05) is 31.2 Å². The molecule has 0 bridgehead atoms. The monoisotopic (exact) mass is 311 g/mol. The van der Waals surface area contributed by atoms with E-state index in [4.69, 9.17) is 0 Å². The number of anilines is 2. The Balaban J connectivity index is 1.90. The summed E-state index contributed by atoms with van der Waals surface area (Å²) in [5.74, 6) is -0.205. The van der Waals surface area contributed by atoms with Crippen molar-refractivity contribution in [2.24, 2.45) is 0 Å². The molecule has 0 unspecified atom stereocenters. The maximum atomic E-state index is 12.0. The van der Waals surface area contributed by atoms with Gasteiger partial charge in [-0.2, -0.15) is 0 Å². The van der Waals surface area contributed by atoms with Gasteiger partial charge in [-0.3, -0.25) is 9.59 Å². The van der Waals surface area contributed by atoms with Crippen molar-refractivity contribution in [3.8, 4) is 0 Å². The van der Waals surface area contributed by atoms with Gasteiger partial charge in [-0.1, -0.05) is 18.2 Å². The zero-order valence-electron chi connectivity index (χ0n) is 13.6. The maximum Gasteiger partial charge on any atom is 0.253 e. The molecule has 120 valence electrons. The van der Waals surface area contributed by atoms with Gasteiger partial charge in [0.15, 0.2) is 0 Å². The van der Waals surface area contributed by atoms with Crippen LogP contribution in [0.3, 0.4) is 0 Å². The number of carbonyl (C=O) groups excluding carboxylic acids is 2. The predicted octanol–water partition coefficient (Wildman–Crippen LogP) is 2.75. The highest BCUT2D eigenvalue weighted by atomic mass is 16.2. The first kappa shape index (κ1) is 16.5. The summed E-state index contributed by atoms with van der Waals surface area (Å²) < 4.78 is 0. The fraction of sp³-hybridized carbons (Fsp3) is 0.222. The van der Waals surface area contributed by atoms with Crippen LogP contribution >= 0.6 is 0 Å². The van der Waals surface area contributed by atoms with E-state index in [0.717, 1.165) is 11.3 Å². The molecule has 0 saturated carbocycles. The molecule has 0 aliphatic carbocycles. The smallest absolute Gasteiger partial charge is 0.253 e. The van der Waals surface area contributed by atoms with Gasteiger partial charge in [-0.15, -0.1) is 0 Å². The molecule has 2 N–H and O–H groups in total. The molecule has 0 aliphatic heterocycles. The minimum absolute atomic E-state index is 0.0657. The minimum atomic E-state index is -0.139. The molecular weight excluding hydrogens is 290 g/mol. The van der Waals surface area contributed by atoms with E-state index in [9.17, 15) is 9.59 Å². The van der Waals surface area contributed by atoms with Crippen molar-refractivity contribution in [1.82, 2.24) is 4.90 Å². The molecule has 0 aliphatic rings. The average molecular weight is 311 g/mol. The number of carbonyl (C=O) groups is 2. The highest BCUT2D eigenvalue weighted by Crippen LogP contribution is 2.13. The van der Waals surface area contributed by atoms with Crippen LogP contribution in [0.4, 0.5) is 11.4 Å². The Morgan fingerprint density at radius 3 is 2.26 bits per heavy atom. The molecule has 0 spiro atoms. The van der Waals surface area contributed by atoms with Crippen LogP contribution in [0.2, 0.25) is 0 Å². The Labute approximate surface area is 136 Å². The van der Waals surface area contributed by atoms with Gasteiger partial charge < -0.3 is 15.5 Å². The quantitative estimate of drug-likeness (QED) is 0.892. The molecule has 0 saturated heterocycles. The lowest BCUT2D eigenvalue weighted by atomic mass is 10.2. The summed E-state index contributed by atoms with van der Waals surface area (Å²) in [5, 5.41) is 5.91. The van der Waals surface area contributed by atoms with Crippen molar-refractivity contribution in [2.45, 2.75) is 6.92 Å². The predicted molar refractivity (Wildman–Crippen MR) is 92.8 cm³/mol. The van der Waals surface area contributed by atoms with Crippen LogP contribution in [-0.2, 0) is 4.79 Å². The van der Waals surface area contributed by atoms with Gasteiger partial charge in [-0.05, 0) is 42.8 Å². The Hall–Kier alpha value is -2.82. The second-order valence-electron chi connectivity index (χ2n) is 5.49. The molecule has 2 aromatic rings. The summed E-state index contributed by atoms with van der Waals surface area (Å²) in [4.78, 5) is 25.3. The first-order chi connectivity index (χ1) is 11.0. The summed E-state index contributed by atoms with van der Waals surface area (Å²) in [6.45, 7) is 2.17. The van der Waals surface area contributed by atoms with Gasteiger partial charge in [0.1, 0.15) is 0 Å². The highest BCUT2D eigenvalue weighted by molar-refractivity contribution is 5.96. The Morgan fingerprint density at radius 2 is 1.65 bits per heavy atom. The van der Waals surface area contributed by atoms with Crippen LogP contribution in [0.5, 0.6) is 0 Å².